The third kappa shape index (κ3) is 4.87. The summed E-state index contributed by atoms with van der Waals surface area (Å²) in [5.74, 6) is 0.413. The predicted molar refractivity (Wildman–Crippen MR) is 112 cm³/mol. The minimum atomic E-state index is -0.511. The van der Waals surface area contributed by atoms with Gasteiger partial charge in [0.2, 0.25) is 0 Å². The molecule has 0 N–H and O–H groups in total. The minimum Gasteiger partial charge on any atom is -0.443 e. The number of hydrogen-bond acceptors (Lipinski definition) is 5. The Kier molecular flexibility index (Phi) is 5.58. The normalized spacial score (nSPS) is 18.1. The molecule has 0 aliphatic carbocycles. The molecule has 1 atom stereocenters. The van der Waals surface area contributed by atoms with Gasteiger partial charge in [0, 0.05) is 18.7 Å². The lowest BCUT2D eigenvalue weighted by molar-refractivity contribution is 0.0327. The lowest BCUT2D eigenvalue weighted by Crippen LogP contribution is -2.39. The van der Waals surface area contributed by atoms with Crippen LogP contribution in [0.15, 0.2) is 24.3 Å². The van der Waals surface area contributed by atoms with Crippen LogP contribution in [0.2, 0.25) is 0 Å². The molecule has 0 saturated carbocycles. The topological polar surface area (TPSA) is 45.7 Å². The summed E-state index contributed by atoms with van der Waals surface area (Å²) in [6, 6.07) is 6.27. The zero-order chi connectivity index (χ0) is 19.8. The van der Waals surface area contributed by atoms with E-state index >= 15 is 0 Å². The summed E-state index contributed by atoms with van der Waals surface area (Å²) in [7, 11) is 4.09. The number of fused-ring (bicyclic) bond motifs is 1. The van der Waals surface area contributed by atoms with Crippen molar-refractivity contribution in [2.45, 2.75) is 46.3 Å². The number of carbonyl (C=O) groups excluding carboxylic acids is 1. The molecule has 0 fully saturated rings. The molecule has 3 rings (SSSR count). The van der Waals surface area contributed by atoms with Crippen molar-refractivity contribution in [3.8, 4) is 0 Å². The van der Waals surface area contributed by atoms with E-state index in [-0.39, 0.29) is 6.09 Å². The average molecular weight is 388 g/mol. The zero-order valence-corrected chi connectivity index (χ0v) is 17.9. The lowest BCUT2D eigenvalue weighted by atomic mass is 9.98. The first-order valence-electron chi connectivity index (χ1n) is 9.37. The number of aromatic nitrogens is 1. The molecule has 6 heteroatoms. The van der Waals surface area contributed by atoms with Crippen LogP contribution in [-0.4, -0.2) is 47.1 Å². The summed E-state index contributed by atoms with van der Waals surface area (Å²) in [5, 5.41) is 1.10. The van der Waals surface area contributed by atoms with E-state index < -0.39 is 5.60 Å². The van der Waals surface area contributed by atoms with Gasteiger partial charge in [0.05, 0.1) is 15.9 Å². The predicted octanol–water partition coefficient (Wildman–Crippen LogP) is 4.98. The number of carbonyl (C=O) groups is 1. The number of benzene rings is 1. The number of hydrogen-bond donors (Lipinski definition) is 0. The molecule has 0 spiro atoms. The van der Waals surface area contributed by atoms with E-state index in [0.29, 0.717) is 12.5 Å². The molecule has 27 heavy (non-hydrogen) atoms. The second kappa shape index (κ2) is 7.60. The van der Waals surface area contributed by atoms with Crippen molar-refractivity contribution in [2.75, 3.05) is 20.6 Å². The van der Waals surface area contributed by atoms with Gasteiger partial charge in [-0.15, -0.1) is 11.3 Å². The van der Waals surface area contributed by atoms with Gasteiger partial charge >= 0.3 is 6.09 Å². The highest BCUT2D eigenvalue weighted by Gasteiger charge is 2.29. The van der Waals surface area contributed by atoms with E-state index in [2.05, 4.69) is 36.1 Å². The summed E-state index contributed by atoms with van der Waals surface area (Å²) in [6.45, 7) is 9.35. The number of rotatable bonds is 3. The number of thiazole rings is 1. The Morgan fingerprint density at radius 2 is 2.11 bits per heavy atom. The fraction of sp³-hybridized carbons (Fsp3) is 0.524. The van der Waals surface area contributed by atoms with Gasteiger partial charge in [0.25, 0.3) is 0 Å². The van der Waals surface area contributed by atoms with Crippen LogP contribution in [0.1, 0.15) is 44.7 Å². The van der Waals surface area contributed by atoms with E-state index in [1.807, 2.05) is 34.9 Å². The SMILES string of the molecule is C[C@H]1CC=C(c2ccc3sc(CN(C)C)nc3c2)N(C(=O)OC(C)(C)C)C1. The molecule has 0 bridgehead atoms. The summed E-state index contributed by atoms with van der Waals surface area (Å²) in [5.41, 5.74) is 2.41. The van der Waals surface area contributed by atoms with Gasteiger partial charge in [-0.25, -0.2) is 9.78 Å². The second-order valence-corrected chi connectivity index (χ2v) is 9.66. The molecular weight excluding hydrogens is 358 g/mol. The quantitative estimate of drug-likeness (QED) is 0.745. The summed E-state index contributed by atoms with van der Waals surface area (Å²) in [6.07, 6.45) is 2.81. The van der Waals surface area contributed by atoms with Crippen LogP contribution in [0.4, 0.5) is 4.79 Å². The Balaban J connectivity index is 1.92. The van der Waals surface area contributed by atoms with Crippen LogP contribution < -0.4 is 0 Å². The van der Waals surface area contributed by atoms with E-state index in [0.717, 1.165) is 34.8 Å². The van der Waals surface area contributed by atoms with Crippen LogP contribution in [0, 0.1) is 5.92 Å². The Hall–Kier alpha value is -1.92. The molecule has 0 radical (unpaired) electrons. The van der Waals surface area contributed by atoms with Gasteiger partial charge in [-0.05, 0) is 59.3 Å². The van der Waals surface area contributed by atoms with Crippen LogP contribution in [0.5, 0.6) is 0 Å². The highest BCUT2D eigenvalue weighted by atomic mass is 32.1. The smallest absolute Gasteiger partial charge is 0.414 e. The molecule has 1 aliphatic rings. The largest absolute Gasteiger partial charge is 0.443 e. The Labute approximate surface area is 165 Å². The van der Waals surface area contributed by atoms with E-state index in [1.165, 1.54) is 4.70 Å². The van der Waals surface area contributed by atoms with Crippen LogP contribution in [-0.2, 0) is 11.3 Å². The fourth-order valence-electron chi connectivity index (χ4n) is 3.14. The molecule has 2 heterocycles. The van der Waals surface area contributed by atoms with Crippen molar-refractivity contribution in [2.24, 2.45) is 5.92 Å². The first-order chi connectivity index (χ1) is 12.6. The second-order valence-electron chi connectivity index (χ2n) is 8.55. The van der Waals surface area contributed by atoms with Crippen molar-refractivity contribution < 1.29 is 9.53 Å². The summed E-state index contributed by atoms with van der Waals surface area (Å²) >= 11 is 1.72. The van der Waals surface area contributed by atoms with Gasteiger partial charge in [-0.2, -0.15) is 0 Å². The molecule has 1 aliphatic heterocycles. The minimum absolute atomic E-state index is 0.285. The third-order valence-corrected chi connectivity index (χ3v) is 5.31. The van der Waals surface area contributed by atoms with Gasteiger partial charge in [0.1, 0.15) is 10.6 Å². The third-order valence-electron chi connectivity index (χ3n) is 4.29. The average Bonchev–Trinajstić information content (AvgIpc) is 2.93. The van der Waals surface area contributed by atoms with Crippen molar-refractivity contribution in [1.29, 1.82) is 0 Å². The molecule has 146 valence electrons. The molecule has 0 unspecified atom stereocenters. The Bertz CT molecular complexity index is 864. The van der Waals surface area contributed by atoms with Gasteiger partial charge in [-0.1, -0.05) is 19.1 Å². The van der Waals surface area contributed by atoms with Gasteiger partial charge < -0.3 is 9.64 Å². The van der Waals surface area contributed by atoms with E-state index in [4.69, 9.17) is 9.72 Å². The Morgan fingerprint density at radius 1 is 1.37 bits per heavy atom. The van der Waals surface area contributed by atoms with Crippen molar-refractivity contribution in [3.63, 3.8) is 0 Å². The van der Waals surface area contributed by atoms with Crippen LogP contribution >= 0.6 is 11.3 Å². The van der Waals surface area contributed by atoms with Gasteiger partial charge in [0.15, 0.2) is 0 Å². The summed E-state index contributed by atoms with van der Waals surface area (Å²) < 4.78 is 6.81. The molecule has 1 amide bonds. The highest BCUT2D eigenvalue weighted by molar-refractivity contribution is 7.18. The standard InChI is InChI=1S/C21H29N3O2S/c1-14-7-9-17(24(12-14)20(25)26-21(2,3)4)15-8-10-18-16(11-15)22-19(27-18)13-23(5)6/h8-11,14H,7,12-13H2,1-6H3/t14-/m0/s1. The molecule has 1 aromatic heterocycles. The maximum absolute atomic E-state index is 12.8. The van der Waals surface area contributed by atoms with E-state index in [1.54, 1.807) is 16.2 Å². The maximum atomic E-state index is 12.8. The first kappa shape index (κ1) is 19.8. The molecular formula is C21H29N3O2S. The van der Waals surface area contributed by atoms with Crippen molar-refractivity contribution in [1.82, 2.24) is 14.8 Å². The zero-order valence-electron chi connectivity index (χ0n) is 17.1. The molecule has 2 aromatic rings. The van der Waals surface area contributed by atoms with Crippen LogP contribution in [0.25, 0.3) is 15.9 Å². The number of ether oxygens (including phenoxy) is 1. The maximum Gasteiger partial charge on any atom is 0.414 e. The lowest BCUT2D eigenvalue weighted by Gasteiger charge is -2.33. The first-order valence-corrected chi connectivity index (χ1v) is 10.2. The van der Waals surface area contributed by atoms with Gasteiger partial charge in [-0.3, -0.25) is 4.90 Å². The number of nitrogens with zero attached hydrogens (tertiary/aromatic N) is 3. The van der Waals surface area contributed by atoms with Crippen LogP contribution in [0.3, 0.4) is 0 Å². The monoisotopic (exact) mass is 387 g/mol. The number of allylic oxidation sites excluding steroid dienone is 1. The molecule has 0 saturated heterocycles. The van der Waals surface area contributed by atoms with Crippen molar-refractivity contribution >= 4 is 33.3 Å². The number of amides is 1. The molecule has 1 aromatic carbocycles. The van der Waals surface area contributed by atoms with E-state index in [9.17, 15) is 4.79 Å². The Morgan fingerprint density at radius 3 is 2.78 bits per heavy atom. The fourth-order valence-corrected chi connectivity index (χ4v) is 4.21. The molecule has 5 nitrogen and oxygen atoms in total. The van der Waals surface area contributed by atoms with Crippen molar-refractivity contribution in [3.05, 3.63) is 34.8 Å². The highest BCUT2D eigenvalue weighted by Crippen LogP contribution is 2.32. The summed E-state index contributed by atoms with van der Waals surface area (Å²) in [4.78, 5) is 21.4.